The Labute approximate surface area is 54.7 Å². The van der Waals surface area contributed by atoms with Gasteiger partial charge in [0.2, 0.25) is 0 Å². The molecule has 0 aromatic heterocycles. The maximum atomic E-state index is 1.44. The van der Waals surface area contributed by atoms with Gasteiger partial charge in [-0.3, -0.25) is 0 Å². The molecule has 0 radical (unpaired) electrons. The third-order valence-electron chi connectivity index (χ3n) is 0. The van der Waals surface area contributed by atoms with Crippen molar-refractivity contribution in [1.29, 1.82) is 0 Å². The standard InChI is InChI=1S/2GeH4.H6Si2/c;;1-2/h2*1H4;1-2H3. The van der Waals surface area contributed by atoms with Crippen LogP contribution in [0, 0.1) is 0 Å². The molecule has 0 saturated carbocycles. The minimum atomic E-state index is 0. The number of hydrogen-bond acceptors (Lipinski definition) is 0. The molecular weight excluding hydrogens is 201 g/mol. The summed E-state index contributed by atoms with van der Waals surface area (Å²) in [7, 11) is 2.89. The molecule has 0 aromatic rings. The molecule has 0 amide bonds. The van der Waals surface area contributed by atoms with E-state index in [9.17, 15) is 0 Å². The van der Waals surface area contributed by atoms with E-state index in [1.807, 2.05) is 0 Å². The first kappa shape index (κ1) is 17.8. The van der Waals surface area contributed by atoms with Gasteiger partial charge in [0.15, 0.2) is 0 Å². The molecule has 4 heteroatoms. The second-order valence-corrected chi connectivity index (χ2v) is 0. The third kappa shape index (κ3) is 9.68. The van der Waals surface area contributed by atoms with Gasteiger partial charge in [0, 0.05) is 0 Å². The average molecular weight is 216 g/mol. The molecule has 0 aliphatic carbocycles. The minimum absolute atomic E-state index is 0. The van der Waals surface area contributed by atoms with Gasteiger partial charge in [-0.2, -0.15) is 0 Å². The van der Waals surface area contributed by atoms with Gasteiger partial charge in [-0.15, -0.1) is 0 Å². The van der Waals surface area contributed by atoms with Crippen molar-refractivity contribution in [2.75, 3.05) is 0 Å². The fourth-order valence-electron chi connectivity index (χ4n) is 0. The molecule has 0 spiro atoms. The summed E-state index contributed by atoms with van der Waals surface area (Å²) in [4.78, 5) is 0. The molecule has 0 heterocycles. The van der Waals surface area contributed by atoms with Gasteiger partial charge < -0.3 is 0 Å². The van der Waals surface area contributed by atoms with Crippen molar-refractivity contribution in [1.82, 2.24) is 0 Å². The molecule has 0 unspecified atom stereocenters. The van der Waals surface area contributed by atoms with E-state index in [1.165, 1.54) is 19.5 Å². The van der Waals surface area contributed by atoms with E-state index >= 15 is 0 Å². The molecule has 0 N–H and O–H groups in total. The third-order valence-corrected chi connectivity index (χ3v) is 0. The quantitative estimate of drug-likeness (QED) is 0.354. The number of hydrogen-bond donors (Lipinski definition) is 0. The van der Waals surface area contributed by atoms with Gasteiger partial charge in [-0.1, -0.05) is 0 Å². The Morgan fingerprint density at radius 2 is 0.750 bits per heavy atom. The maximum absolute atomic E-state index is 1.44. The molecule has 0 fully saturated rings. The van der Waals surface area contributed by atoms with E-state index in [1.54, 1.807) is 0 Å². The molecule has 0 bridgehead atoms. The second kappa shape index (κ2) is 24.2. The van der Waals surface area contributed by atoms with Crippen molar-refractivity contribution in [3.8, 4) is 0 Å². The van der Waals surface area contributed by atoms with E-state index in [4.69, 9.17) is 0 Å². The Bertz CT molecular complexity index is 4.00. The molecule has 0 aliphatic heterocycles. The van der Waals surface area contributed by atoms with Crippen molar-refractivity contribution >= 4 is 54.7 Å². The molecule has 0 saturated heterocycles. The first-order valence-electron chi connectivity index (χ1n) is 1.00. The van der Waals surface area contributed by atoms with Crippen molar-refractivity contribution in [2.45, 2.75) is 0 Å². The van der Waals surface area contributed by atoms with Crippen molar-refractivity contribution in [2.24, 2.45) is 0 Å². The molecular formula is H14Ge2Si2. The summed E-state index contributed by atoms with van der Waals surface area (Å²) in [5, 5.41) is 0. The van der Waals surface area contributed by atoms with Crippen LogP contribution >= 0.6 is 0 Å². The van der Waals surface area contributed by atoms with Crippen LogP contribution in [0.2, 0.25) is 0 Å². The Morgan fingerprint density at radius 3 is 0.750 bits per heavy atom. The molecule has 0 aliphatic rings. The fourth-order valence-corrected chi connectivity index (χ4v) is 0. The van der Waals surface area contributed by atoms with Crippen molar-refractivity contribution < 1.29 is 0 Å². The van der Waals surface area contributed by atoms with Gasteiger partial charge >= 0.3 is 35.2 Å². The SMILES string of the molecule is [GeH4].[GeH4].[SiH3][SiH3]. The van der Waals surface area contributed by atoms with Crippen LogP contribution in [0.15, 0.2) is 0 Å². The van der Waals surface area contributed by atoms with Crippen molar-refractivity contribution in [3.05, 3.63) is 0 Å². The first-order chi connectivity index (χ1) is 1.00. The Morgan fingerprint density at radius 1 is 0.750 bits per heavy atom. The van der Waals surface area contributed by atoms with Gasteiger partial charge in [-0.25, -0.2) is 0 Å². The van der Waals surface area contributed by atoms with Crippen LogP contribution in [0.3, 0.4) is 0 Å². The summed E-state index contributed by atoms with van der Waals surface area (Å²) < 4.78 is 0. The Hall–Kier alpha value is 1.52. The van der Waals surface area contributed by atoms with E-state index in [0.29, 0.717) is 0 Å². The zero-order chi connectivity index (χ0) is 2.00. The molecule has 0 aromatic carbocycles. The summed E-state index contributed by atoms with van der Waals surface area (Å²) in [5.41, 5.74) is 0. The van der Waals surface area contributed by atoms with E-state index < -0.39 is 0 Å². The average Bonchev–Trinajstić information content (AvgIpc) is 1.00. The molecule has 4 heavy (non-hydrogen) atoms. The van der Waals surface area contributed by atoms with Crippen LogP contribution in [-0.4, -0.2) is 54.7 Å². The largest absolute Gasteiger partial charge is 0.0125 e. The van der Waals surface area contributed by atoms with Crippen LogP contribution in [0.4, 0.5) is 0 Å². The fraction of sp³-hybridized carbons (Fsp3) is 0. The molecule has 0 nitrogen and oxygen atoms in total. The van der Waals surface area contributed by atoms with Crippen LogP contribution in [-0.2, 0) is 0 Å². The Kier molecular flexibility index (Phi) is 108. The van der Waals surface area contributed by atoms with Gasteiger partial charge in [-0.05, 0) is 19.5 Å². The molecule has 30 valence electrons. The summed E-state index contributed by atoms with van der Waals surface area (Å²) in [6, 6.07) is 0. The zero-order valence-electron chi connectivity index (χ0n) is 2.00. The van der Waals surface area contributed by atoms with Gasteiger partial charge in [0.1, 0.15) is 0 Å². The minimum Gasteiger partial charge on any atom is -0.0125 e. The predicted molar refractivity (Wildman–Crippen MR) is 42.5 cm³/mol. The van der Waals surface area contributed by atoms with Crippen LogP contribution in [0.5, 0.6) is 0 Å². The first-order valence-corrected chi connectivity index (χ1v) is 9.00. The smallest absolute Gasteiger partial charge is 0.0125 e. The topological polar surface area (TPSA) is 0 Å². The van der Waals surface area contributed by atoms with Crippen LogP contribution in [0.1, 0.15) is 0 Å². The summed E-state index contributed by atoms with van der Waals surface area (Å²) >= 11 is 0. The normalized spacial score (nSPS) is 3.00. The van der Waals surface area contributed by atoms with Crippen LogP contribution in [0.25, 0.3) is 0 Å². The van der Waals surface area contributed by atoms with Gasteiger partial charge in [0.25, 0.3) is 0 Å². The van der Waals surface area contributed by atoms with Crippen LogP contribution < -0.4 is 0 Å². The van der Waals surface area contributed by atoms with Gasteiger partial charge in [0.05, 0.1) is 0 Å². The monoisotopic (exact) mass is 218 g/mol. The van der Waals surface area contributed by atoms with Crippen molar-refractivity contribution in [3.63, 3.8) is 0 Å². The van der Waals surface area contributed by atoms with E-state index in [2.05, 4.69) is 0 Å². The molecule has 0 rings (SSSR count). The summed E-state index contributed by atoms with van der Waals surface area (Å²) in [5.74, 6) is 0. The van der Waals surface area contributed by atoms with E-state index in [-0.39, 0.29) is 35.2 Å². The zero-order valence-corrected chi connectivity index (χ0v) is 6.00. The molecule has 0 atom stereocenters. The maximum Gasteiger partial charge on any atom is -0.0125 e. The summed E-state index contributed by atoms with van der Waals surface area (Å²) in [6.07, 6.45) is 0. The predicted octanol–water partition coefficient (Wildman–Crippen LogP) is -5.27. The van der Waals surface area contributed by atoms with E-state index in [0.717, 1.165) is 0 Å². The number of rotatable bonds is 0. The summed E-state index contributed by atoms with van der Waals surface area (Å²) in [6.45, 7) is 0. The Balaban J connectivity index is -0.00000000500. The second-order valence-electron chi connectivity index (χ2n) is 0.